The number of ether oxygens (including phenoxy) is 2. The second-order valence-corrected chi connectivity index (χ2v) is 7.04. The average molecular weight is 376 g/mol. The van der Waals surface area contributed by atoms with E-state index in [4.69, 9.17) is 9.47 Å². The Hall–Kier alpha value is -2.77. The summed E-state index contributed by atoms with van der Waals surface area (Å²) in [5.41, 5.74) is -0.907. The zero-order valence-corrected chi connectivity index (χ0v) is 15.2. The lowest BCUT2D eigenvalue weighted by Gasteiger charge is -2.37. The Balaban J connectivity index is 1.55. The number of benzene rings is 1. The summed E-state index contributed by atoms with van der Waals surface area (Å²) < 4.78 is 10.4. The second kappa shape index (κ2) is 7.85. The third-order valence-corrected chi connectivity index (χ3v) is 5.37. The first-order valence-electron chi connectivity index (χ1n) is 9.16. The topological polar surface area (TPSA) is 114 Å². The highest BCUT2D eigenvalue weighted by atomic mass is 16.7. The molecule has 3 N–H and O–H groups in total. The van der Waals surface area contributed by atoms with Gasteiger partial charge in [-0.05, 0) is 49.8 Å². The molecule has 1 aliphatic heterocycles. The summed E-state index contributed by atoms with van der Waals surface area (Å²) in [5, 5.41) is 14.8. The molecule has 1 aromatic rings. The van der Waals surface area contributed by atoms with Gasteiger partial charge in [0.05, 0.1) is 6.54 Å². The van der Waals surface area contributed by atoms with Crippen LogP contribution in [0, 0.1) is 5.92 Å². The number of amides is 2. The first kappa shape index (κ1) is 19.0. The Kier molecular flexibility index (Phi) is 5.53. The van der Waals surface area contributed by atoms with E-state index in [0.717, 1.165) is 19.3 Å². The standard InChI is InChI=1S/C19H24N2O6/c1-2-12-5-7-19(8-6-12,18(24)25)21-16(22)10-20-17(23)13-3-4-14-15(9-13)27-11-26-14/h3-4,9,12H,2,5-8,10-11H2,1H3,(H,20,23)(H,21,22)(H,24,25). The van der Waals surface area contributed by atoms with Crippen molar-refractivity contribution in [2.75, 3.05) is 13.3 Å². The maximum absolute atomic E-state index is 12.3. The van der Waals surface area contributed by atoms with Gasteiger partial charge in [0, 0.05) is 5.56 Å². The molecule has 0 radical (unpaired) electrons. The molecule has 27 heavy (non-hydrogen) atoms. The van der Waals surface area contributed by atoms with Crippen LogP contribution in [0.1, 0.15) is 49.4 Å². The summed E-state index contributed by atoms with van der Waals surface area (Å²) in [7, 11) is 0. The van der Waals surface area contributed by atoms with Crippen LogP contribution in [0.2, 0.25) is 0 Å². The van der Waals surface area contributed by atoms with E-state index in [9.17, 15) is 19.5 Å². The maximum Gasteiger partial charge on any atom is 0.329 e. The SMILES string of the molecule is CCC1CCC(NC(=O)CNC(=O)c2ccc3c(c2)OCO3)(C(=O)O)CC1. The maximum atomic E-state index is 12.3. The van der Waals surface area contributed by atoms with E-state index < -0.39 is 23.3 Å². The zero-order chi connectivity index (χ0) is 19.4. The molecule has 0 unspecified atom stereocenters. The van der Waals surface area contributed by atoms with Gasteiger partial charge >= 0.3 is 5.97 Å². The summed E-state index contributed by atoms with van der Waals surface area (Å²) in [6.07, 6.45) is 3.36. The van der Waals surface area contributed by atoms with Gasteiger partial charge < -0.3 is 25.2 Å². The van der Waals surface area contributed by atoms with Gasteiger partial charge in [-0.25, -0.2) is 4.79 Å². The number of fused-ring (bicyclic) bond motifs is 1. The molecule has 8 nitrogen and oxygen atoms in total. The molecule has 2 aliphatic rings. The second-order valence-electron chi connectivity index (χ2n) is 7.04. The first-order valence-corrected chi connectivity index (χ1v) is 9.16. The van der Waals surface area contributed by atoms with Crippen LogP contribution in [0.3, 0.4) is 0 Å². The Bertz CT molecular complexity index is 740. The van der Waals surface area contributed by atoms with Crippen LogP contribution in [-0.4, -0.2) is 41.8 Å². The molecule has 8 heteroatoms. The van der Waals surface area contributed by atoms with Crippen molar-refractivity contribution >= 4 is 17.8 Å². The van der Waals surface area contributed by atoms with Crippen LogP contribution in [0.4, 0.5) is 0 Å². The lowest BCUT2D eigenvalue weighted by molar-refractivity contribution is -0.149. The number of nitrogens with one attached hydrogen (secondary N) is 2. The van der Waals surface area contributed by atoms with Crippen molar-refractivity contribution in [3.05, 3.63) is 23.8 Å². The number of hydrogen-bond acceptors (Lipinski definition) is 5. The van der Waals surface area contributed by atoms with Gasteiger partial charge in [0.15, 0.2) is 11.5 Å². The van der Waals surface area contributed by atoms with Crippen LogP contribution < -0.4 is 20.1 Å². The summed E-state index contributed by atoms with van der Waals surface area (Å²) in [4.78, 5) is 36.2. The Labute approximate surface area is 157 Å². The predicted octanol–water partition coefficient (Wildman–Crippen LogP) is 1.68. The highest BCUT2D eigenvalue weighted by Crippen LogP contribution is 2.34. The third kappa shape index (κ3) is 4.15. The van der Waals surface area contributed by atoms with E-state index in [1.807, 2.05) is 0 Å². The van der Waals surface area contributed by atoms with Gasteiger partial charge in [-0.3, -0.25) is 9.59 Å². The highest BCUT2D eigenvalue weighted by Gasteiger charge is 2.42. The van der Waals surface area contributed by atoms with E-state index in [2.05, 4.69) is 17.6 Å². The molecule has 1 heterocycles. The van der Waals surface area contributed by atoms with E-state index in [0.29, 0.717) is 35.8 Å². The lowest BCUT2D eigenvalue weighted by Crippen LogP contribution is -2.58. The number of carbonyl (C=O) groups excluding carboxylic acids is 2. The van der Waals surface area contributed by atoms with Gasteiger partial charge in [-0.15, -0.1) is 0 Å². The number of carbonyl (C=O) groups is 3. The molecule has 1 saturated carbocycles. The predicted molar refractivity (Wildman–Crippen MR) is 95.7 cm³/mol. The van der Waals surface area contributed by atoms with Crippen molar-refractivity contribution in [2.24, 2.45) is 5.92 Å². The van der Waals surface area contributed by atoms with Crippen LogP contribution >= 0.6 is 0 Å². The highest BCUT2D eigenvalue weighted by molar-refractivity contribution is 5.97. The molecule has 0 saturated heterocycles. The zero-order valence-electron chi connectivity index (χ0n) is 15.2. The summed E-state index contributed by atoms with van der Waals surface area (Å²) in [6, 6.07) is 4.74. The molecule has 1 fully saturated rings. The van der Waals surface area contributed by atoms with Crippen molar-refractivity contribution in [1.29, 1.82) is 0 Å². The molecular formula is C19H24N2O6. The Morgan fingerprint density at radius 1 is 1.19 bits per heavy atom. The fourth-order valence-electron chi connectivity index (χ4n) is 3.58. The van der Waals surface area contributed by atoms with Crippen LogP contribution in [0.25, 0.3) is 0 Å². The van der Waals surface area contributed by atoms with Crippen molar-refractivity contribution in [3.63, 3.8) is 0 Å². The largest absolute Gasteiger partial charge is 0.480 e. The van der Waals surface area contributed by atoms with E-state index in [1.54, 1.807) is 18.2 Å². The molecule has 3 rings (SSSR count). The van der Waals surface area contributed by atoms with Crippen molar-refractivity contribution in [3.8, 4) is 11.5 Å². The van der Waals surface area contributed by atoms with Crippen LogP contribution in [-0.2, 0) is 9.59 Å². The van der Waals surface area contributed by atoms with Crippen molar-refractivity contribution in [1.82, 2.24) is 10.6 Å². The molecule has 1 aliphatic carbocycles. The number of rotatable bonds is 6. The third-order valence-electron chi connectivity index (χ3n) is 5.37. The van der Waals surface area contributed by atoms with Crippen molar-refractivity contribution in [2.45, 2.75) is 44.6 Å². The number of hydrogen-bond donors (Lipinski definition) is 3. The van der Waals surface area contributed by atoms with Crippen molar-refractivity contribution < 1.29 is 29.0 Å². The molecule has 0 spiro atoms. The number of carboxylic acid groups (broad SMARTS) is 1. The fraction of sp³-hybridized carbons (Fsp3) is 0.526. The molecule has 0 atom stereocenters. The minimum absolute atomic E-state index is 0.110. The summed E-state index contributed by atoms with van der Waals surface area (Å²) in [6.45, 7) is 1.90. The fourth-order valence-corrected chi connectivity index (χ4v) is 3.58. The molecule has 2 amide bonds. The lowest BCUT2D eigenvalue weighted by atomic mass is 9.75. The molecule has 0 aromatic heterocycles. The van der Waals surface area contributed by atoms with E-state index >= 15 is 0 Å². The minimum Gasteiger partial charge on any atom is -0.480 e. The summed E-state index contributed by atoms with van der Waals surface area (Å²) in [5.74, 6) is -0.434. The van der Waals surface area contributed by atoms with Crippen LogP contribution in [0.15, 0.2) is 18.2 Å². The number of aliphatic carboxylic acids is 1. The quantitative estimate of drug-likeness (QED) is 0.696. The van der Waals surface area contributed by atoms with Gasteiger partial charge in [-0.2, -0.15) is 0 Å². The average Bonchev–Trinajstić information content (AvgIpc) is 3.14. The first-order chi connectivity index (χ1) is 12.9. The smallest absolute Gasteiger partial charge is 0.329 e. The van der Waals surface area contributed by atoms with Gasteiger partial charge in [0.25, 0.3) is 5.91 Å². The van der Waals surface area contributed by atoms with Gasteiger partial charge in [0.1, 0.15) is 5.54 Å². The van der Waals surface area contributed by atoms with Crippen LogP contribution in [0.5, 0.6) is 11.5 Å². The summed E-state index contributed by atoms with van der Waals surface area (Å²) >= 11 is 0. The van der Waals surface area contributed by atoms with E-state index in [1.165, 1.54) is 0 Å². The molecule has 0 bridgehead atoms. The molecule has 146 valence electrons. The van der Waals surface area contributed by atoms with E-state index in [-0.39, 0.29) is 13.3 Å². The van der Waals surface area contributed by atoms with Gasteiger partial charge in [-0.1, -0.05) is 13.3 Å². The molecular weight excluding hydrogens is 352 g/mol. The minimum atomic E-state index is -1.24. The number of carboxylic acids is 1. The normalized spacial score (nSPS) is 23.5. The Morgan fingerprint density at radius 2 is 1.89 bits per heavy atom. The van der Waals surface area contributed by atoms with Gasteiger partial charge in [0.2, 0.25) is 12.7 Å². The Morgan fingerprint density at radius 3 is 2.56 bits per heavy atom. The molecule has 1 aromatic carbocycles. The monoisotopic (exact) mass is 376 g/mol.